The molecule has 1 atom stereocenters. The van der Waals surface area contributed by atoms with Crippen LogP contribution in [0.15, 0.2) is 29.8 Å². The maximum atomic E-state index is 13.9. The summed E-state index contributed by atoms with van der Waals surface area (Å²) in [7, 11) is 0. The van der Waals surface area contributed by atoms with Crippen molar-refractivity contribution in [3.8, 4) is 5.75 Å². The Balaban J connectivity index is 1.72. The van der Waals surface area contributed by atoms with E-state index in [1.165, 1.54) is 17.4 Å². The third-order valence-corrected chi connectivity index (χ3v) is 4.45. The molecule has 1 aromatic carbocycles. The highest BCUT2D eigenvalue weighted by Crippen LogP contribution is 2.25. The number of rotatable bonds is 2. The van der Waals surface area contributed by atoms with Crippen LogP contribution < -0.4 is 10.1 Å². The van der Waals surface area contributed by atoms with E-state index in [2.05, 4.69) is 10.3 Å². The summed E-state index contributed by atoms with van der Waals surface area (Å²) in [6.45, 7) is 2.82. The van der Waals surface area contributed by atoms with Crippen LogP contribution in [0.1, 0.15) is 23.5 Å². The highest BCUT2D eigenvalue weighted by molar-refractivity contribution is 7.09. The van der Waals surface area contributed by atoms with Gasteiger partial charge in [-0.25, -0.2) is 14.2 Å². The Labute approximate surface area is 131 Å². The second-order valence-corrected chi connectivity index (χ2v) is 5.95. The van der Waals surface area contributed by atoms with Crippen molar-refractivity contribution in [2.75, 3.05) is 13.2 Å². The Kier molecular flexibility index (Phi) is 4.24. The minimum atomic E-state index is -0.356. The van der Waals surface area contributed by atoms with Gasteiger partial charge < -0.3 is 15.0 Å². The molecule has 0 spiro atoms. The molecular weight excluding hydrogens is 305 g/mol. The summed E-state index contributed by atoms with van der Waals surface area (Å²) in [4.78, 5) is 18.1. The molecular formula is C15H16FN3O2S. The van der Waals surface area contributed by atoms with Gasteiger partial charge in [0.2, 0.25) is 0 Å². The van der Waals surface area contributed by atoms with Crippen molar-refractivity contribution in [1.29, 1.82) is 0 Å². The molecule has 116 valence electrons. The number of carbonyl (C=O) groups is 1. The van der Waals surface area contributed by atoms with Crippen LogP contribution in [0.5, 0.6) is 5.75 Å². The lowest BCUT2D eigenvalue weighted by Crippen LogP contribution is -2.41. The first kappa shape index (κ1) is 14.8. The molecule has 3 rings (SSSR count). The first-order valence-corrected chi connectivity index (χ1v) is 7.88. The number of ether oxygens (including phenoxy) is 1. The highest BCUT2D eigenvalue weighted by atomic mass is 32.1. The predicted molar refractivity (Wildman–Crippen MR) is 81.4 cm³/mol. The minimum Gasteiger partial charge on any atom is -0.491 e. The number of urea groups is 1. The Morgan fingerprint density at radius 3 is 3.18 bits per heavy atom. The summed E-state index contributed by atoms with van der Waals surface area (Å²) in [6, 6.07) is 4.27. The van der Waals surface area contributed by atoms with Gasteiger partial charge in [-0.2, -0.15) is 0 Å². The third kappa shape index (κ3) is 3.04. The summed E-state index contributed by atoms with van der Waals surface area (Å²) >= 11 is 1.49. The zero-order chi connectivity index (χ0) is 15.5. The fraction of sp³-hybridized carbons (Fsp3) is 0.333. The Morgan fingerprint density at radius 1 is 1.55 bits per heavy atom. The number of carbonyl (C=O) groups excluding carboxylic acids is 1. The quantitative estimate of drug-likeness (QED) is 0.925. The summed E-state index contributed by atoms with van der Waals surface area (Å²) in [6.07, 6.45) is 1.70. The lowest BCUT2D eigenvalue weighted by molar-refractivity contribution is 0.184. The molecule has 7 heteroatoms. The summed E-state index contributed by atoms with van der Waals surface area (Å²) in [5, 5.41) is 5.59. The van der Waals surface area contributed by atoms with Gasteiger partial charge in [-0.05, 0) is 19.1 Å². The zero-order valence-electron chi connectivity index (χ0n) is 12.1. The van der Waals surface area contributed by atoms with Crippen molar-refractivity contribution >= 4 is 17.4 Å². The molecule has 1 aliphatic heterocycles. The van der Waals surface area contributed by atoms with E-state index in [1.54, 1.807) is 23.2 Å². The number of benzene rings is 1. The number of fused-ring (bicyclic) bond motifs is 1. The van der Waals surface area contributed by atoms with E-state index in [0.29, 0.717) is 24.5 Å². The van der Waals surface area contributed by atoms with E-state index in [1.807, 2.05) is 12.3 Å². The smallest absolute Gasteiger partial charge is 0.318 e. The monoisotopic (exact) mass is 321 g/mol. The van der Waals surface area contributed by atoms with Gasteiger partial charge in [0.25, 0.3) is 0 Å². The molecule has 5 nitrogen and oxygen atoms in total. The van der Waals surface area contributed by atoms with Gasteiger partial charge in [0.15, 0.2) is 0 Å². The van der Waals surface area contributed by atoms with Gasteiger partial charge in [0.05, 0.1) is 19.1 Å². The molecule has 0 saturated carbocycles. The fourth-order valence-electron chi connectivity index (χ4n) is 2.32. The summed E-state index contributed by atoms with van der Waals surface area (Å²) in [5.41, 5.74) is 0.414. The Morgan fingerprint density at radius 2 is 2.41 bits per heavy atom. The lowest BCUT2D eigenvalue weighted by Gasteiger charge is -2.22. The molecule has 0 unspecified atom stereocenters. The molecule has 1 N–H and O–H groups in total. The van der Waals surface area contributed by atoms with Crippen molar-refractivity contribution in [2.45, 2.75) is 19.5 Å². The Bertz CT molecular complexity index is 663. The average Bonchev–Trinajstić information content (AvgIpc) is 2.94. The fourth-order valence-corrected chi connectivity index (χ4v) is 2.97. The number of halogens is 1. The van der Waals surface area contributed by atoms with Gasteiger partial charge in [-0.15, -0.1) is 11.3 Å². The second-order valence-electron chi connectivity index (χ2n) is 5.03. The maximum Gasteiger partial charge on any atom is 0.318 e. The van der Waals surface area contributed by atoms with Gasteiger partial charge in [0, 0.05) is 17.1 Å². The number of hydrogen-bond donors (Lipinski definition) is 1. The third-order valence-electron chi connectivity index (χ3n) is 3.49. The molecule has 0 aliphatic carbocycles. The number of hydrogen-bond acceptors (Lipinski definition) is 4. The highest BCUT2D eigenvalue weighted by Gasteiger charge is 2.23. The van der Waals surface area contributed by atoms with Gasteiger partial charge in [-0.3, -0.25) is 0 Å². The molecule has 0 fully saturated rings. The van der Waals surface area contributed by atoms with Crippen LogP contribution in [-0.2, 0) is 6.54 Å². The molecule has 22 heavy (non-hydrogen) atoms. The van der Waals surface area contributed by atoms with Crippen LogP contribution in [0.4, 0.5) is 9.18 Å². The van der Waals surface area contributed by atoms with Crippen LogP contribution in [0.2, 0.25) is 0 Å². The molecule has 2 heterocycles. The number of amides is 2. The summed E-state index contributed by atoms with van der Waals surface area (Å²) in [5.74, 6) is 0.147. The predicted octanol–water partition coefficient (Wildman–Crippen LogP) is 2.95. The minimum absolute atomic E-state index is 0.184. The molecule has 1 aromatic heterocycles. The van der Waals surface area contributed by atoms with Crippen LogP contribution >= 0.6 is 11.3 Å². The van der Waals surface area contributed by atoms with Crippen molar-refractivity contribution in [3.63, 3.8) is 0 Å². The zero-order valence-corrected chi connectivity index (χ0v) is 12.9. The van der Waals surface area contributed by atoms with Gasteiger partial charge >= 0.3 is 6.03 Å². The first-order chi connectivity index (χ1) is 10.6. The molecule has 0 bridgehead atoms. The largest absolute Gasteiger partial charge is 0.491 e. The van der Waals surface area contributed by atoms with E-state index in [4.69, 9.17) is 4.74 Å². The van der Waals surface area contributed by atoms with Crippen molar-refractivity contribution in [1.82, 2.24) is 15.2 Å². The van der Waals surface area contributed by atoms with E-state index in [-0.39, 0.29) is 24.4 Å². The van der Waals surface area contributed by atoms with E-state index in [9.17, 15) is 9.18 Å². The summed E-state index contributed by atoms with van der Waals surface area (Å²) < 4.78 is 19.4. The van der Waals surface area contributed by atoms with Gasteiger partial charge in [0.1, 0.15) is 23.2 Å². The number of nitrogens with zero attached hydrogens (tertiary/aromatic N) is 2. The normalized spacial score (nSPS) is 15.5. The lowest BCUT2D eigenvalue weighted by atomic mass is 10.2. The van der Waals surface area contributed by atoms with Gasteiger partial charge in [-0.1, -0.05) is 6.07 Å². The second kappa shape index (κ2) is 6.31. The average molecular weight is 321 g/mol. The van der Waals surface area contributed by atoms with Crippen LogP contribution in [-0.4, -0.2) is 29.1 Å². The Hall–Kier alpha value is -2.15. The molecule has 2 amide bonds. The van der Waals surface area contributed by atoms with Crippen molar-refractivity contribution in [2.24, 2.45) is 0 Å². The van der Waals surface area contributed by atoms with E-state index in [0.717, 1.165) is 5.01 Å². The molecule has 0 saturated heterocycles. The number of thiazole rings is 1. The topological polar surface area (TPSA) is 54.5 Å². The number of aromatic nitrogens is 1. The standard InChI is InChI=1S/C15H16FN3O2S/c1-10(14-17-5-8-22-14)18-15(20)19-6-7-21-13-4-2-3-12(16)11(13)9-19/h2-5,8,10H,6-7,9H2,1H3,(H,18,20)/t10-/m0/s1. The number of nitrogens with one attached hydrogen (secondary N) is 1. The SMILES string of the molecule is C[C@H](NC(=O)N1CCOc2cccc(F)c2C1)c1nccs1. The molecule has 1 aliphatic rings. The van der Waals surface area contributed by atoms with Crippen LogP contribution in [0.25, 0.3) is 0 Å². The van der Waals surface area contributed by atoms with Crippen LogP contribution in [0.3, 0.4) is 0 Å². The van der Waals surface area contributed by atoms with E-state index >= 15 is 0 Å². The first-order valence-electron chi connectivity index (χ1n) is 7.00. The maximum absolute atomic E-state index is 13.9. The molecule has 0 radical (unpaired) electrons. The van der Waals surface area contributed by atoms with Crippen molar-refractivity contribution in [3.05, 3.63) is 46.2 Å². The molecule has 2 aromatic rings. The van der Waals surface area contributed by atoms with Crippen LogP contribution in [0, 0.1) is 5.82 Å². The van der Waals surface area contributed by atoms with Crippen molar-refractivity contribution < 1.29 is 13.9 Å². The van der Waals surface area contributed by atoms with E-state index < -0.39 is 0 Å².